The molecule has 0 saturated carbocycles. The van der Waals surface area contributed by atoms with E-state index >= 15 is 0 Å². The van der Waals surface area contributed by atoms with Crippen LogP contribution in [0, 0.1) is 5.92 Å². The molecule has 1 fully saturated rings. The van der Waals surface area contributed by atoms with E-state index in [2.05, 4.69) is 10.3 Å². The van der Waals surface area contributed by atoms with Gasteiger partial charge in [-0.2, -0.15) is 0 Å². The van der Waals surface area contributed by atoms with Crippen LogP contribution >= 0.6 is 0 Å². The number of aromatic nitrogens is 2. The average Bonchev–Trinajstić information content (AvgIpc) is 2.83. The fourth-order valence-corrected chi connectivity index (χ4v) is 2.39. The molecule has 0 amide bonds. The van der Waals surface area contributed by atoms with Crippen LogP contribution in [0.1, 0.15) is 17.6 Å². The van der Waals surface area contributed by atoms with Gasteiger partial charge in [0.25, 0.3) is 0 Å². The molecule has 17 heavy (non-hydrogen) atoms. The van der Waals surface area contributed by atoms with Crippen LogP contribution in [0.3, 0.4) is 0 Å². The molecule has 0 radical (unpaired) electrons. The molecule has 1 unspecified atom stereocenters. The van der Waals surface area contributed by atoms with Crippen LogP contribution in [0.2, 0.25) is 0 Å². The van der Waals surface area contributed by atoms with Gasteiger partial charge in [-0.25, -0.2) is 4.98 Å². The molecule has 1 aliphatic heterocycles. The number of rotatable bonds is 1. The second-order valence-electron chi connectivity index (χ2n) is 4.48. The number of nitrogens with zero attached hydrogens (tertiary/aromatic N) is 2. The van der Waals surface area contributed by atoms with Crippen molar-refractivity contribution in [3.8, 4) is 0 Å². The summed E-state index contributed by atoms with van der Waals surface area (Å²) < 4.78 is 1.69. The normalized spacial score (nSPS) is 20.6. The zero-order chi connectivity index (χ0) is 11.7. The molecule has 4 heteroatoms. The van der Waals surface area contributed by atoms with Gasteiger partial charge in [0.15, 0.2) is 0 Å². The van der Waals surface area contributed by atoms with Crippen molar-refractivity contribution in [2.45, 2.75) is 12.8 Å². The van der Waals surface area contributed by atoms with Crippen molar-refractivity contribution in [3.05, 3.63) is 30.6 Å². The van der Waals surface area contributed by atoms with Crippen LogP contribution in [0.25, 0.3) is 11.0 Å². The first-order valence-corrected chi connectivity index (χ1v) is 6.03. The highest BCUT2D eigenvalue weighted by Crippen LogP contribution is 2.17. The van der Waals surface area contributed by atoms with Crippen molar-refractivity contribution in [2.24, 2.45) is 5.92 Å². The number of piperidine rings is 1. The third kappa shape index (κ3) is 1.85. The summed E-state index contributed by atoms with van der Waals surface area (Å²) >= 11 is 0. The highest BCUT2D eigenvalue weighted by Gasteiger charge is 2.23. The molecular formula is C13H15N3O. The molecule has 1 atom stereocenters. The summed E-state index contributed by atoms with van der Waals surface area (Å²) in [4.78, 5) is 16.6. The predicted molar refractivity (Wildman–Crippen MR) is 66.0 cm³/mol. The maximum atomic E-state index is 12.4. The number of para-hydroxylation sites is 2. The SMILES string of the molecule is O=C(C1CCCNC1)n1cnc2ccccc21. The number of carbonyl (C=O) groups is 1. The standard InChI is InChI=1S/C13H15N3O/c17-13(10-4-3-7-14-8-10)16-9-15-11-5-1-2-6-12(11)16/h1-2,5-6,9-10,14H,3-4,7-8H2. The van der Waals surface area contributed by atoms with Crippen molar-refractivity contribution in [3.63, 3.8) is 0 Å². The van der Waals surface area contributed by atoms with E-state index in [9.17, 15) is 4.79 Å². The molecule has 1 saturated heterocycles. The van der Waals surface area contributed by atoms with Crippen LogP contribution in [-0.2, 0) is 0 Å². The highest BCUT2D eigenvalue weighted by molar-refractivity contribution is 5.91. The molecule has 2 heterocycles. The summed E-state index contributed by atoms with van der Waals surface area (Å²) in [5.41, 5.74) is 1.78. The van der Waals surface area contributed by atoms with Gasteiger partial charge in [-0.05, 0) is 31.5 Å². The van der Waals surface area contributed by atoms with E-state index in [1.807, 2.05) is 24.3 Å². The van der Waals surface area contributed by atoms with Gasteiger partial charge in [-0.3, -0.25) is 9.36 Å². The number of hydrogen-bond acceptors (Lipinski definition) is 3. The molecule has 88 valence electrons. The van der Waals surface area contributed by atoms with Gasteiger partial charge in [-0.1, -0.05) is 12.1 Å². The largest absolute Gasteiger partial charge is 0.316 e. The first-order chi connectivity index (χ1) is 8.36. The van der Waals surface area contributed by atoms with Gasteiger partial charge >= 0.3 is 0 Å². The third-order valence-electron chi connectivity index (χ3n) is 3.34. The zero-order valence-electron chi connectivity index (χ0n) is 9.60. The Hall–Kier alpha value is -1.68. The Bertz CT molecular complexity index is 540. The van der Waals surface area contributed by atoms with E-state index < -0.39 is 0 Å². The van der Waals surface area contributed by atoms with Crippen molar-refractivity contribution in [2.75, 3.05) is 13.1 Å². The lowest BCUT2D eigenvalue weighted by Crippen LogP contribution is -2.36. The van der Waals surface area contributed by atoms with Gasteiger partial charge in [0.05, 0.1) is 17.0 Å². The zero-order valence-corrected chi connectivity index (χ0v) is 9.60. The number of imidazole rings is 1. The molecule has 2 aromatic rings. The molecule has 1 N–H and O–H groups in total. The fourth-order valence-electron chi connectivity index (χ4n) is 2.39. The lowest BCUT2D eigenvalue weighted by atomic mass is 9.99. The molecular weight excluding hydrogens is 214 g/mol. The van der Waals surface area contributed by atoms with Gasteiger partial charge in [-0.15, -0.1) is 0 Å². The summed E-state index contributed by atoms with van der Waals surface area (Å²) in [7, 11) is 0. The first kappa shape index (κ1) is 10.5. The van der Waals surface area contributed by atoms with Crippen LogP contribution in [0.5, 0.6) is 0 Å². The number of nitrogens with one attached hydrogen (secondary N) is 1. The number of hydrogen-bond donors (Lipinski definition) is 1. The molecule has 1 aromatic heterocycles. The summed E-state index contributed by atoms with van der Waals surface area (Å²) in [6, 6.07) is 7.74. The van der Waals surface area contributed by atoms with E-state index in [4.69, 9.17) is 0 Å². The Morgan fingerprint density at radius 1 is 1.41 bits per heavy atom. The topological polar surface area (TPSA) is 46.9 Å². The molecule has 1 aromatic carbocycles. The van der Waals surface area contributed by atoms with Crippen molar-refractivity contribution < 1.29 is 4.79 Å². The van der Waals surface area contributed by atoms with Crippen molar-refractivity contribution in [1.29, 1.82) is 0 Å². The highest BCUT2D eigenvalue weighted by atomic mass is 16.2. The Morgan fingerprint density at radius 3 is 3.12 bits per heavy atom. The van der Waals surface area contributed by atoms with Crippen molar-refractivity contribution in [1.82, 2.24) is 14.9 Å². The summed E-state index contributed by atoms with van der Waals surface area (Å²) in [5.74, 6) is 0.243. The van der Waals surface area contributed by atoms with Gasteiger partial charge in [0.1, 0.15) is 6.33 Å². The number of fused-ring (bicyclic) bond motifs is 1. The van der Waals surface area contributed by atoms with E-state index in [0.29, 0.717) is 0 Å². The van der Waals surface area contributed by atoms with Gasteiger partial charge < -0.3 is 5.32 Å². The minimum absolute atomic E-state index is 0.0846. The van der Waals surface area contributed by atoms with E-state index in [1.54, 1.807) is 10.9 Å². The van der Waals surface area contributed by atoms with Crippen LogP contribution < -0.4 is 5.32 Å². The fraction of sp³-hybridized carbons (Fsp3) is 0.385. The Balaban J connectivity index is 1.95. The van der Waals surface area contributed by atoms with E-state index in [0.717, 1.165) is 37.0 Å². The Morgan fingerprint density at radius 2 is 2.29 bits per heavy atom. The quantitative estimate of drug-likeness (QED) is 0.809. The summed E-state index contributed by atoms with van der Waals surface area (Å²) in [6.07, 6.45) is 3.68. The van der Waals surface area contributed by atoms with Crippen LogP contribution in [0.15, 0.2) is 30.6 Å². The average molecular weight is 229 g/mol. The van der Waals surface area contributed by atoms with E-state index in [-0.39, 0.29) is 11.8 Å². The van der Waals surface area contributed by atoms with Gasteiger partial charge in [0.2, 0.25) is 5.91 Å². The maximum Gasteiger partial charge on any atom is 0.236 e. The molecule has 0 aliphatic carbocycles. The predicted octanol–water partition coefficient (Wildman–Crippen LogP) is 1.68. The maximum absolute atomic E-state index is 12.4. The second kappa shape index (κ2) is 4.30. The second-order valence-corrected chi connectivity index (χ2v) is 4.48. The molecule has 3 rings (SSSR count). The first-order valence-electron chi connectivity index (χ1n) is 6.03. The minimum atomic E-state index is 0.0846. The lowest BCUT2D eigenvalue weighted by Gasteiger charge is -2.21. The monoisotopic (exact) mass is 229 g/mol. The van der Waals surface area contributed by atoms with Crippen molar-refractivity contribution >= 4 is 16.9 Å². The van der Waals surface area contributed by atoms with E-state index in [1.165, 1.54) is 0 Å². The number of benzene rings is 1. The van der Waals surface area contributed by atoms with Crippen LogP contribution in [-0.4, -0.2) is 28.5 Å². The molecule has 4 nitrogen and oxygen atoms in total. The van der Waals surface area contributed by atoms with Crippen LogP contribution in [0.4, 0.5) is 0 Å². The minimum Gasteiger partial charge on any atom is -0.316 e. The van der Waals surface area contributed by atoms with Gasteiger partial charge in [0, 0.05) is 6.54 Å². The smallest absolute Gasteiger partial charge is 0.236 e. The Labute approximate surface area is 99.6 Å². The Kier molecular flexibility index (Phi) is 2.65. The summed E-state index contributed by atoms with van der Waals surface area (Å²) in [5, 5.41) is 3.27. The lowest BCUT2D eigenvalue weighted by molar-refractivity contribution is 0.0817. The summed E-state index contributed by atoms with van der Waals surface area (Å²) in [6.45, 7) is 1.81. The third-order valence-corrected chi connectivity index (χ3v) is 3.34. The molecule has 0 spiro atoms. The molecule has 0 bridgehead atoms. The molecule has 1 aliphatic rings. The number of carbonyl (C=O) groups excluding carboxylic acids is 1.